The van der Waals surface area contributed by atoms with Gasteiger partial charge in [0.15, 0.2) is 0 Å². The van der Waals surface area contributed by atoms with Crippen LogP contribution in [0.4, 0.5) is 5.69 Å². The molecule has 0 radical (unpaired) electrons. The third-order valence-electron chi connectivity index (χ3n) is 4.32. The van der Waals surface area contributed by atoms with Crippen LogP contribution < -0.4 is 5.73 Å². The highest BCUT2D eigenvalue weighted by Crippen LogP contribution is 2.34. The molecule has 0 heterocycles. The molecule has 108 valence electrons. The first-order valence-electron chi connectivity index (χ1n) is 7.38. The monoisotopic (exact) mass is 280 g/mol. The number of nitrogens with two attached hydrogens (primary N) is 1. The van der Waals surface area contributed by atoms with Crippen LogP contribution in [0.25, 0.3) is 0 Å². The zero-order chi connectivity index (χ0) is 14.8. The molecule has 1 amide bonds. The van der Waals surface area contributed by atoms with Crippen molar-refractivity contribution in [2.45, 2.75) is 25.3 Å². The third-order valence-corrected chi connectivity index (χ3v) is 4.32. The second-order valence-electron chi connectivity index (χ2n) is 5.61. The third kappa shape index (κ3) is 2.51. The van der Waals surface area contributed by atoms with Gasteiger partial charge in [-0.1, -0.05) is 36.4 Å². The lowest BCUT2D eigenvalue weighted by atomic mass is 9.87. The highest BCUT2D eigenvalue weighted by molar-refractivity contribution is 5.99. The largest absolute Gasteiger partial charge is 0.398 e. The summed E-state index contributed by atoms with van der Waals surface area (Å²) < 4.78 is 0. The van der Waals surface area contributed by atoms with Crippen molar-refractivity contribution in [1.82, 2.24) is 4.90 Å². The molecule has 3 heteroatoms. The average molecular weight is 280 g/mol. The summed E-state index contributed by atoms with van der Waals surface area (Å²) in [5.74, 6) is -0.00481. The standard InChI is InChI=1S/C18H20N2O/c1-20(18(21)15-10-4-5-11-16(15)19)17-12-6-8-13-7-2-3-9-14(13)17/h2-5,7,9-11,17H,6,8,12,19H2,1H3. The number of fused-ring (bicyclic) bond motifs is 1. The molecule has 0 aromatic heterocycles. The lowest BCUT2D eigenvalue weighted by Crippen LogP contribution is -2.33. The van der Waals surface area contributed by atoms with E-state index in [0.29, 0.717) is 11.3 Å². The molecule has 1 unspecified atom stereocenters. The van der Waals surface area contributed by atoms with Crippen LogP contribution in [0.15, 0.2) is 48.5 Å². The van der Waals surface area contributed by atoms with Crippen LogP contribution in [0.2, 0.25) is 0 Å². The van der Waals surface area contributed by atoms with Crippen LogP contribution in [0.5, 0.6) is 0 Å². The molecular formula is C18H20N2O. The number of rotatable bonds is 2. The van der Waals surface area contributed by atoms with E-state index < -0.39 is 0 Å². The molecular weight excluding hydrogens is 260 g/mol. The summed E-state index contributed by atoms with van der Waals surface area (Å²) in [5.41, 5.74) is 9.69. The van der Waals surface area contributed by atoms with E-state index in [1.54, 1.807) is 12.1 Å². The van der Waals surface area contributed by atoms with E-state index >= 15 is 0 Å². The van der Waals surface area contributed by atoms with Crippen molar-refractivity contribution in [3.63, 3.8) is 0 Å². The molecule has 21 heavy (non-hydrogen) atoms. The van der Waals surface area contributed by atoms with E-state index in [0.717, 1.165) is 19.3 Å². The molecule has 0 aliphatic heterocycles. The van der Waals surface area contributed by atoms with Gasteiger partial charge in [0.2, 0.25) is 0 Å². The van der Waals surface area contributed by atoms with Gasteiger partial charge in [-0.05, 0) is 42.5 Å². The fourth-order valence-electron chi connectivity index (χ4n) is 3.15. The zero-order valence-electron chi connectivity index (χ0n) is 12.3. The summed E-state index contributed by atoms with van der Waals surface area (Å²) in [5, 5.41) is 0. The van der Waals surface area contributed by atoms with Gasteiger partial charge >= 0.3 is 0 Å². The van der Waals surface area contributed by atoms with Crippen molar-refractivity contribution in [3.05, 3.63) is 65.2 Å². The lowest BCUT2D eigenvalue weighted by Gasteiger charge is -2.33. The highest BCUT2D eigenvalue weighted by Gasteiger charge is 2.27. The predicted molar refractivity (Wildman–Crippen MR) is 85.1 cm³/mol. The predicted octanol–water partition coefficient (Wildman–Crippen LogP) is 3.42. The van der Waals surface area contributed by atoms with Crippen LogP contribution in [-0.4, -0.2) is 17.9 Å². The number of amides is 1. The summed E-state index contributed by atoms with van der Waals surface area (Å²) >= 11 is 0. The maximum Gasteiger partial charge on any atom is 0.256 e. The maximum atomic E-state index is 12.7. The summed E-state index contributed by atoms with van der Waals surface area (Å²) in [4.78, 5) is 14.6. The SMILES string of the molecule is CN(C(=O)c1ccccc1N)C1CCCc2ccccc21. The van der Waals surface area contributed by atoms with Crippen molar-refractivity contribution < 1.29 is 4.79 Å². The molecule has 0 bridgehead atoms. The van der Waals surface area contributed by atoms with Gasteiger partial charge in [0, 0.05) is 12.7 Å². The second kappa shape index (κ2) is 5.60. The van der Waals surface area contributed by atoms with Gasteiger partial charge in [-0.15, -0.1) is 0 Å². The number of carbonyl (C=O) groups is 1. The van der Waals surface area contributed by atoms with Gasteiger partial charge in [0.05, 0.1) is 11.6 Å². The number of nitrogens with zero attached hydrogens (tertiary/aromatic N) is 1. The molecule has 3 rings (SSSR count). The average Bonchev–Trinajstić information content (AvgIpc) is 2.53. The molecule has 0 saturated carbocycles. The fourth-order valence-corrected chi connectivity index (χ4v) is 3.15. The summed E-state index contributed by atoms with van der Waals surface area (Å²) in [6.45, 7) is 0. The smallest absolute Gasteiger partial charge is 0.256 e. The van der Waals surface area contributed by atoms with Crippen LogP contribution in [0.3, 0.4) is 0 Å². The van der Waals surface area contributed by atoms with E-state index in [9.17, 15) is 4.79 Å². The first-order valence-corrected chi connectivity index (χ1v) is 7.38. The van der Waals surface area contributed by atoms with Crippen molar-refractivity contribution in [2.75, 3.05) is 12.8 Å². The summed E-state index contributed by atoms with van der Waals surface area (Å²) in [6, 6.07) is 15.8. The minimum Gasteiger partial charge on any atom is -0.398 e. The Hall–Kier alpha value is -2.29. The molecule has 0 spiro atoms. The van der Waals surface area contributed by atoms with Gasteiger partial charge in [0.25, 0.3) is 5.91 Å². The number of benzene rings is 2. The number of hydrogen-bond donors (Lipinski definition) is 1. The Balaban J connectivity index is 1.91. The van der Waals surface area contributed by atoms with Gasteiger partial charge in [-0.3, -0.25) is 4.79 Å². The fraction of sp³-hybridized carbons (Fsp3) is 0.278. The minimum atomic E-state index is -0.00481. The Kier molecular flexibility index (Phi) is 3.65. The Bertz CT molecular complexity index is 666. The van der Waals surface area contributed by atoms with Crippen molar-refractivity contribution in [1.29, 1.82) is 0 Å². The highest BCUT2D eigenvalue weighted by atomic mass is 16.2. The molecule has 0 saturated heterocycles. The molecule has 2 aromatic carbocycles. The first kappa shape index (κ1) is 13.7. The number of nitrogen functional groups attached to an aromatic ring is 1. The molecule has 3 nitrogen and oxygen atoms in total. The van der Waals surface area contributed by atoms with E-state index in [2.05, 4.69) is 18.2 Å². The van der Waals surface area contributed by atoms with Gasteiger partial charge in [0.1, 0.15) is 0 Å². The van der Waals surface area contributed by atoms with E-state index in [-0.39, 0.29) is 11.9 Å². The lowest BCUT2D eigenvalue weighted by molar-refractivity contribution is 0.0716. The van der Waals surface area contributed by atoms with Crippen LogP contribution in [0.1, 0.15) is 40.4 Å². The summed E-state index contributed by atoms with van der Waals surface area (Å²) in [7, 11) is 1.88. The minimum absolute atomic E-state index is 0.00481. The van der Waals surface area contributed by atoms with Gasteiger partial charge in [-0.2, -0.15) is 0 Å². The second-order valence-corrected chi connectivity index (χ2v) is 5.61. The Morgan fingerprint density at radius 1 is 1.14 bits per heavy atom. The number of aryl methyl sites for hydroxylation is 1. The molecule has 0 fully saturated rings. The van der Waals surface area contributed by atoms with Crippen molar-refractivity contribution in [2.24, 2.45) is 0 Å². The normalized spacial score (nSPS) is 17.1. The number of anilines is 1. The number of para-hydroxylation sites is 1. The Labute approximate surface area is 125 Å². The summed E-state index contributed by atoms with van der Waals surface area (Å²) in [6.07, 6.45) is 3.22. The molecule has 1 aliphatic carbocycles. The molecule has 1 atom stereocenters. The van der Waals surface area contributed by atoms with Crippen LogP contribution in [0, 0.1) is 0 Å². The van der Waals surface area contributed by atoms with Gasteiger partial charge in [-0.25, -0.2) is 0 Å². The van der Waals surface area contributed by atoms with E-state index in [4.69, 9.17) is 5.73 Å². The Morgan fingerprint density at radius 2 is 1.86 bits per heavy atom. The topological polar surface area (TPSA) is 46.3 Å². The number of carbonyl (C=O) groups excluding carboxylic acids is 1. The first-order chi connectivity index (χ1) is 10.2. The quantitative estimate of drug-likeness (QED) is 0.857. The zero-order valence-corrected chi connectivity index (χ0v) is 12.3. The van der Waals surface area contributed by atoms with Crippen molar-refractivity contribution in [3.8, 4) is 0 Å². The Morgan fingerprint density at radius 3 is 2.67 bits per heavy atom. The molecule has 2 N–H and O–H groups in total. The van der Waals surface area contributed by atoms with Gasteiger partial charge < -0.3 is 10.6 Å². The van der Waals surface area contributed by atoms with Crippen LogP contribution >= 0.6 is 0 Å². The number of hydrogen-bond acceptors (Lipinski definition) is 2. The molecule has 1 aliphatic rings. The van der Waals surface area contributed by atoms with Crippen molar-refractivity contribution >= 4 is 11.6 Å². The van der Waals surface area contributed by atoms with Crippen LogP contribution in [-0.2, 0) is 6.42 Å². The maximum absolute atomic E-state index is 12.7. The van der Waals surface area contributed by atoms with E-state index in [1.165, 1.54) is 11.1 Å². The molecule has 2 aromatic rings. The van der Waals surface area contributed by atoms with E-state index in [1.807, 2.05) is 30.1 Å².